The molecule has 0 saturated heterocycles. The molecule has 16 heavy (non-hydrogen) atoms. The molecular weight excluding hydrogens is 215 g/mol. The molecule has 0 aromatic heterocycles. The average molecular weight is 231 g/mol. The highest BCUT2D eigenvalue weighted by atomic mass is 19.4. The fourth-order valence-corrected chi connectivity index (χ4v) is 1.66. The van der Waals surface area contributed by atoms with E-state index >= 15 is 0 Å². The Hall–Kier alpha value is -1.19. The number of anilines is 1. The van der Waals surface area contributed by atoms with Gasteiger partial charge in [0, 0.05) is 5.69 Å². The minimum Gasteiger partial charge on any atom is -0.376 e. The second kappa shape index (κ2) is 5.23. The second-order valence-corrected chi connectivity index (χ2v) is 3.63. The molecular formula is C12H16F3N. The van der Waals surface area contributed by atoms with Crippen molar-refractivity contribution >= 4 is 5.69 Å². The molecule has 0 saturated carbocycles. The van der Waals surface area contributed by atoms with Crippen molar-refractivity contribution in [3.05, 3.63) is 29.3 Å². The van der Waals surface area contributed by atoms with Gasteiger partial charge in [-0.2, -0.15) is 13.2 Å². The van der Waals surface area contributed by atoms with E-state index in [1.165, 1.54) is 0 Å². The molecule has 1 aromatic carbocycles. The Morgan fingerprint density at radius 1 is 1.06 bits per heavy atom. The summed E-state index contributed by atoms with van der Waals surface area (Å²) in [6.45, 7) is 2.90. The monoisotopic (exact) mass is 231 g/mol. The molecule has 1 aromatic rings. The van der Waals surface area contributed by atoms with Crippen molar-refractivity contribution in [3.8, 4) is 0 Å². The van der Waals surface area contributed by atoms with Gasteiger partial charge in [0.1, 0.15) is 6.54 Å². The number of aryl methyl sites for hydroxylation is 2. The second-order valence-electron chi connectivity index (χ2n) is 3.63. The summed E-state index contributed by atoms with van der Waals surface area (Å²) in [4.78, 5) is 0. The van der Waals surface area contributed by atoms with Crippen molar-refractivity contribution in [3.63, 3.8) is 0 Å². The molecule has 1 N–H and O–H groups in total. The van der Waals surface area contributed by atoms with Crippen LogP contribution in [0.4, 0.5) is 18.9 Å². The zero-order valence-electron chi connectivity index (χ0n) is 9.49. The summed E-state index contributed by atoms with van der Waals surface area (Å²) in [5, 5.41) is 2.50. The Kier molecular flexibility index (Phi) is 4.21. The lowest BCUT2D eigenvalue weighted by Crippen LogP contribution is -2.22. The maximum absolute atomic E-state index is 12.2. The van der Waals surface area contributed by atoms with Gasteiger partial charge in [0.2, 0.25) is 0 Å². The lowest BCUT2D eigenvalue weighted by atomic mass is 10.0. The van der Waals surface area contributed by atoms with Gasteiger partial charge in [0.15, 0.2) is 0 Å². The molecule has 0 spiro atoms. The highest BCUT2D eigenvalue weighted by Crippen LogP contribution is 2.24. The van der Waals surface area contributed by atoms with E-state index in [9.17, 15) is 13.2 Å². The zero-order valence-corrected chi connectivity index (χ0v) is 9.49. The van der Waals surface area contributed by atoms with E-state index in [0.29, 0.717) is 5.69 Å². The van der Waals surface area contributed by atoms with E-state index < -0.39 is 12.7 Å². The maximum atomic E-state index is 12.2. The van der Waals surface area contributed by atoms with E-state index in [0.717, 1.165) is 24.0 Å². The first-order chi connectivity index (χ1) is 7.48. The molecule has 0 heterocycles. The lowest BCUT2D eigenvalue weighted by Gasteiger charge is -2.16. The normalized spacial score (nSPS) is 11.6. The van der Waals surface area contributed by atoms with Crippen LogP contribution in [-0.2, 0) is 12.8 Å². The first-order valence-corrected chi connectivity index (χ1v) is 5.39. The van der Waals surface area contributed by atoms with Gasteiger partial charge in [0.25, 0.3) is 0 Å². The van der Waals surface area contributed by atoms with Gasteiger partial charge in [-0.15, -0.1) is 0 Å². The van der Waals surface area contributed by atoms with Crippen molar-refractivity contribution in [1.82, 2.24) is 0 Å². The molecule has 0 fully saturated rings. The smallest absolute Gasteiger partial charge is 0.376 e. The van der Waals surface area contributed by atoms with Crippen molar-refractivity contribution < 1.29 is 13.2 Å². The zero-order chi connectivity index (χ0) is 12.2. The third-order valence-electron chi connectivity index (χ3n) is 2.46. The minimum absolute atomic E-state index is 0.643. The number of hydrogen-bond acceptors (Lipinski definition) is 1. The van der Waals surface area contributed by atoms with Crippen LogP contribution in [0, 0.1) is 0 Å². The molecule has 0 atom stereocenters. The quantitative estimate of drug-likeness (QED) is 0.831. The fraction of sp³-hybridized carbons (Fsp3) is 0.500. The van der Waals surface area contributed by atoms with Gasteiger partial charge >= 0.3 is 6.18 Å². The number of hydrogen-bond donors (Lipinski definition) is 1. The SMILES string of the molecule is CCc1cccc(CC)c1NCC(F)(F)F. The fourth-order valence-electron chi connectivity index (χ4n) is 1.66. The topological polar surface area (TPSA) is 12.0 Å². The number of rotatable bonds is 4. The van der Waals surface area contributed by atoms with Crippen molar-refractivity contribution in [1.29, 1.82) is 0 Å². The first kappa shape index (κ1) is 12.9. The van der Waals surface area contributed by atoms with Crippen LogP contribution in [0.3, 0.4) is 0 Å². The van der Waals surface area contributed by atoms with E-state index in [4.69, 9.17) is 0 Å². The van der Waals surface area contributed by atoms with Crippen LogP contribution >= 0.6 is 0 Å². The van der Waals surface area contributed by atoms with Crippen molar-refractivity contribution in [2.24, 2.45) is 0 Å². The maximum Gasteiger partial charge on any atom is 0.405 e. The molecule has 0 aliphatic rings. The first-order valence-electron chi connectivity index (χ1n) is 5.39. The summed E-state index contributed by atoms with van der Waals surface area (Å²) < 4.78 is 36.5. The summed E-state index contributed by atoms with van der Waals surface area (Å²) in [7, 11) is 0. The number of benzene rings is 1. The van der Waals surface area contributed by atoms with Gasteiger partial charge in [-0.25, -0.2) is 0 Å². The summed E-state index contributed by atoms with van der Waals surface area (Å²) >= 11 is 0. The Morgan fingerprint density at radius 2 is 1.56 bits per heavy atom. The molecule has 0 radical (unpaired) electrons. The van der Waals surface area contributed by atoms with E-state index in [1.807, 2.05) is 32.0 Å². The van der Waals surface area contributed by atoms with Crippen LogP contribution in [0.15, 0.2) is 18.2 Å². The minimum atomic E-state index is -4.17. The van der Waals surface area contributed by atoms with Gasteiger partial charge in [-0.1, -0.05) is 32.0 Å². The average Bonchev–Trinajstić information content (AvgIpc) is 2.24. The highest BCUT2D eigenvalue weighted by molar-refractivity contribution is 5.58. The molecule has 0 aliphatic carbocycles. The Labute approximate surface area is 93.7 Å². The summed E-state index contributed by atoms with van der Waals surface area (Å²) in [5.41, 5.74) is 2.51. The van der Waals surface area contributed by atoms with Crippen LogP contribution in [0.25, 0.3) is 0 Å². The van der Waals surface area contributed by atoms with Crippen LogP contribution in [-0.4, -0.2) is 12.7 Å². The molecule has 1 nitrogen and oxygen atoms in total. The Balaban J connectivity index is 2.91. The summed E-state index contributed by atoms with van der Waals surface area (Å²) in [5.74, 6) is 0. The third kappa shape index (κ3) is 3.43. The molecule has 4 heteroatoms. The highest BCUT2D eigenvalue weighted by Gasteiger charge is 2.27. The van der Waals surface area contributed by atoms with Crippen molar-refractivity contribution in [2.45, 2.75) is 32.9 Å². The van der Waals surface area contributed by atoms with E-state index in [2.05, 4.69) is 5.32 Å². The van der Waals surface area contributed by atoms with E-state index in [1.54, 1.807) is 0 Å². The number of alkyl halides is 3. The molecule has 0 bridgehead atoms. The Morgan fingerprint density at radius 3 is 1.94 bits per heavy atom. The van der Waals surface area contributed by atoms with Gasteiger partial charge in [0.05, 0.1) is 0 Å². The number of nitrogens with one attached hydrogen (secondary N) is 1. The molecule has 0 unspecified atom stereocenters. The van der Waals surface area contributed by atoms with Gasteiger partial charge < -0.3 is 5.32 Å². The third-order valence-corrected chi connectivity index (χ3v) is 2.46. The molecule has 0 amide bonds. The Bertz CT molecular complexity index is 322. The van der Waals surface area contributed by atoms with Crippen molar-refractivity contribution in [2.75, 3.05) is 11.9 Å². The number of para-hydroxylation sites is 1. The largest absolute Gasteiger partial charge is 0.405 e. The van der Waals surface area contributed by atoms with Gasteiger partial charge in [-0.3, -0.25) is 0 Å². The predicted molar refractivity (Wildman–Crippen MR) is 59.7 cm³/mol. The molecule has 90 valence electrons. The molecule has 0 aliphatic heterocycles. The standard InChI is InChI=1S/C12H16F3N/c1-3-9-6-5-7-10(4-2)11(9)16-8-12(13,14)15/h5-7,16H,3-4,8H2,1-2H3. The van der Waals surface area contributed by atoms with E-state index in [-0.39, 0.29) is 0 Å². The summed E-state index contributed by atoms with van der Waals surface area (Å²) in [6, 6.07) is 5.60. The lowest BCUT2D eigenvalue weighted by molar-refractivity contribution is -0.115. The van der Waals surface area contributed by atoms with Crippen LogP contribution < -0.4 is 5.32 Å². The van der Waals surface area contributed by atoms with Crippen LogP contribution in [0.2, 0.25) is 0 Å². The van der Waals surface area contributed by atoms with Crippen LogP contribution in [0.5, 0.6) is 0 Å². The summed E-state index contributed by atoms with van der Waals surface area (Å²) in [6.07, 6.45) is -2.71. The van der Waals surface area contributed by atoms with Crippen LogP contribution in [0.1, 0.15) is 25.0 Å². The molecule has 1 rings (SSSR count). The predicted octanol–water partition coefficient (Wildman–Crippen LogP) is 3.79. The van der Waals surface area contributed by atoms with Gasteiger partial charge in [-0.05, 0) is 24.0 Å². The number of halogens is 3.